The van der Waals surface area contributed by atoms with Crippen LogP contribution in [0.25, 0.3) is 11.2 Å². The fourth-order valence-corrected chi connectivity index (χ4v) is 9.98. The Kier molecular flexibility index (Phi) is 15.8. The SMILES string of the molecule is COc1ccc(C(OC[C@H]2O[C@@H](n3ccc(NC(=O)c4ccccc4)nc3=O)C[C@@H]2OP(=O)(OC)OC[C@H]2O[C@@H](n3cnc4c(=O)[nH]c(NC(=O)C(C)C)nc43)C[C@@H]2O)(c2ccccc2)c2ccc(OC)cc2)cc1. The molecule has 2 amide bonds. The summed E-state index contributed by atoms with van der Waals surface area (Å²) in [5.41, 5.74) is -0.110. The molecular weight excluding hydrogens is 992 g/mol. The van der Waals surface area contributed by atoms with Gasteiger partial charge in [0.05, 0.1) is 39.9 Å². The molecule has 2 saturated heterocycles. The summed E-state index contributed by atoms with van der Waals surface area (Å²) in [6.07, 6.45) is -3.87. The number of H-pyrrole nitrogens is 1. The number of benzene rings is 4. The minimum Gasteiger partial charge on any atom is -0.497 e. The average molecular weight is 1050 g/mol. The van der Waals surface area contributed by atoms with Gasteiger partial charge in [-0.15, -0.1) is 0 Å². The molecule has 7 aromatic rings. The first-order chi connectivity index (χ1) is 36.2. The molecule has 0 aliphatic carbocycles. The lowest BCUT2D eigenvalue weighted by molar-refractivity contribution is -0.118. The van der Waals surface area contributed by atoms with Gasteiger partial charge < -0.3 is 34.1 Å². The number of methoxy groups -OCH3 is 2. The van der Waals surface area contributed by atoms with Gasteiger partial charge in [0.1, 0.15) is 53.7 Å². The number of aromatic amines is 1. The van der Waals surface area contributed by atoms with Crippen molar-refractivity contribution in [3.05, 3.63) is 171 Å². The van der Waals surface area contributed by atoms with Crippen molar-refractivity contribution in [2.45, 2.75) is 69.2 Å². The molecule has 0 saturated carbocycles. The maximum Gasteiger partial charge on any atom is 0.474 e. The van der Waals surface area contributed by atoms with E-state index in [1.165, 1.54) is 27.7 Å². The van der Waals surface area contributed by atoms with Gasteiger partial charge in [-0.05, 0) is 59.2 Å². The number of anilines is 2. The fraction of sp³-hybridized carbons (Fsp3) is 0.327. The maximum absolute atomic E-state index is 14.7. The van der Waals surface area contributed by atoms with Crippen molar-refractivity contribution >= 4 is 42.6 Å². The number of aliphatic hydroxyl groups is 1. The van der Waals surface area contributed by atoms with Gasteiger partial charge in [-0.3, -0.25) is 47.4 Å². The molecule has 0 spiro atoms. The lowest BCUT2D eigenvalue weighted by atomic mass is 9.80. The second-order valence-corrected chi connectivity index (χ2v) is 19.6. The van der Waals surface area contributed by atoms with Crippen molar-refractivity contribution in [2.24, 2.45) is 5.92 Å². The van der Waals surface area contributed by atoms with Crippen molar-refractivity contribution in [3.8, 4) is 11.5 Å². The van der Waals surface area contributed by atoms with Crippen LogP contribution in [0.15, 0.2) is 137 Å². The summed E-state index contributed by atoms with van der Waals surface area (Å²) in [5, 5.41) is 16.5. The van der Waals surface area contributed by atoms with Crippen molar-refractivity contribution in [3.63, 3.8) is 0 Å². The Morgan fingerprint density at radius 1 is 0.787 bits per heavy atom. The predicted octanol–water partition coefficient (Wildman–Crippen LogP) is 6.34. The van der Waals surface area contributed by atoms with Crippen LogP contribution in [0.1, 0.15) is 66.2 Å². The van der Waals surface area contributed by atoms with Crippen LogP contribution < -0.4 is 31.4 Å². The quantitative estimate of drug-likeness (QED) is 0.0479. The molecule has 7 atom stereocenters. The zero-order chi connectivity index (χ0) is 52.9. The second-order valence-electron chi connectivity index (χ2n) is 17.9. The Morgan fingerprint density at radius 3 is 2.01 bits per heavy atom. The average Bonchev–Trinajstić information content (AvgIpc) is 4.15. The second kappa shape index (κ2) is 22.6. The van der Waals surface area contributed by atoms with Crippen LogP contribution in [0, 0.1) is 5.92 Å². The minimum atomic E-state index is -4.58. The number of phosphoric acid groups is 1. The Hall–Kier alpha value is -7.40. The first kappa shape index (κ1) is 52.5. The molecule has 9 rings (SSSR count). The van der Waals surface area contributed by atoms with Gasteiger partial charge in [-0.25, -0.2) is 14.3 Å². The number of hydrogen-bond acceptors (Lipinski definition) is 17. The topological polar surface area (TPSA) is 268 Å². The zero-order valence-electron chi connectivity index (χ0n) is 41.4. The summed E-state index contributed by atoms with van der Waals surface area (Å²) >= 11 is 0. The number of aliphatic hydroxyl groups excluding tert-OH is 1. The van der Waals surface area contributed by atoms with E-state index in [0.29, 0.717) is 28.2 Å². The van der Waals surface area contributed by atoms with Crippen LogP contribution in [0.2, 0.25) is 0 Å². The molecule has 4 aromatic carbocycles. The van der Waals surface area contributed by atoms with E-state index in [1.54, 1.807) is 58.4 Å². The number of carbonyl (C=O) groups excluding carboxylic acids is 2. The lowest BCUT2D eigenvalue weighted by Crippen LogP contribution is -2.38. The summed E-state index contributed by atoms with van der Waals surface area (Å²) in [5.74, 6) is -0.0918. The molecule has 75 heavy (non-hydrogen) atoms. The number of aromatic nitrogens is 6. The van der Waals surface area contributed by atoms with E-state index in [1.807, 2.05) is 78.9 Å². The first-order valence-corrected chi connectivity index (χ1v) is 25.4. The highest BCUT2D eigenvalue weighted by atomic mass is 31.2. The Bertz CT molecular complexity index is 3240. The number of nitrogens with one attached hydrogen (secondary N) is 3. The molecular formula is C52H55N8O14P. The van der Waals surface area contributed by atoms with Gasteiger partial charge in [-0.2, -0.15) is 9.97 Å². The molecule has 3 aromatic heterocycles. The highest BCUT2D eigenvalue weighted by Gasteiger charge is 2.47. The zero-order valence-corrected chi connectivity index (χ0v) is 42.3. The van der Waals surface area contributed by atoms with Gasteiger partial charge in [0.15, 0.2) is 11.2 Å². The molecule has 22 nitrogen and oxygen atoms in total. The number of carbonyl (C=O) groups is 2. The number of rotatable bonds is 20. The van der Waals surface area contributed by atoms with E-state index >= 15 is 0 Å². The standard InChI is InChI=1S/C52H55N8O14P/c1-31(2)47(62)57-50-56-46-45(49(64)58-50)53-30-60(46)43-26-38(61)40(72-43)29-71-75(66,69-5)74-39-27-44(59-25-24-42(55-51(59)65)54-48(63)32-12-8-6-9-13-32)73-41(39)28-70-52(33-14-10-7-11-15-33,34-16-20-36(67-3)21-17-34)35-18-22-37(68-4)23-19-35/h6-25,30-31,38-41,43-44,61H,26-29H2,1-5H3,(H,54,55,63,65)(H2,56,57,58,62,64)/t38-,39-,40+,41+,43+,44+,75?/m0/s1. The van der Waals surface area contributed by atoms with E-state index in [9.17, 15) is 28.8 Å². The first-order valence-electron chi connectivity index (χ1n) is 23.9. The van der Waals surface area contributed by atoms with Crippen LogP contribution in [-0.2, 0) is 42.7 Å². The monoisotopic (exact) mass is 1050 g/mol. The summed E-state index contributed by atoms with van der Waals surface area (Å²) < 4.78 is 66.0. The van der Waals surface area contributed by atoms with E-state index < -0.39 is 80.0 Å². The smallest absolute Gasteiger partial charge is 0.474 e. The molecule has 0 radical (unpaired) electrons. The molecule has 392 valence electrons. The highest BCUT2D eigenvalue weighted by molar-refractivity contribution is 7.48. The summed E-state index contributed by atoms with van der Waals surface area (Å²) in [6.45, 7) is 2.64. The number of ether oxygens (including phenoxy) is 5. The van der Waals surface area contributed by atoms with Gasteiger partial charge in [0.2, 0.25) is 11.9 Å². The Balaban J connectivity index is 0.997. The van der Waals surface area contributed by atoms with Crippen LogP contribution in [0.5, 0.6) is 11.5 Å². The van der Waals surface area contributed by atoms with Crippen LogP contribution in [0.3, 0.4) is 0 Å². The van der Waals surface area contributed by atoms with E-state index in [4.69, 9.17) is 37.3 Å². The van der Waals surface area contributed by atoms with Gasteiger partial charge in [-0.1, -0.05) is 86.6 Å². The largest absolute Gasteiger partial charge is 0.497 e. The minimum absolute atomic E-state index is 0.00397. The Labute approximate surface area is 429 Å². The molecule has 0 bridgehead atoms. The molecule has 2 aliphatic heterocycles. The number of phosphoric ester groups is 1. The van der Waals surface area contributed by atoms with Gasteiger partial charge in [0.25, 0.3) is 11.5 Å². The molecule has 1 unspecified atom stereocenters. The maximum atomic E-state index is 14.7. The van der Waals surface area contributed by atoms with Crippen LogP contribution in [-0.4, -0.2) is 105 Å². The van der Waals surface area contributed by atoms with E-state index in [-0.39, 0.29) is 48.3 Å². The lowest BCUT2D eigenvalue weighted by Gasteiger charge is -2.37. The third-order valence-electron chi connectivity index (χ3n) is 12.8. The molecule has 2 fully saturated rings. The van der Waals surface area contributed by atoms with E-state index in [2.05, 4.69) is 30.6 Å². The predicted molar refractivity (Wildman–Crippen MR) is 271 cm³/mol. The number of nitrogens with zero attached hydrogens (tertiary/aromatic N) is 5. The third kappa shape index (κ3) is 11.3. The summed E-state index contributed by atoms with van der Waals surface area (Å²) in [7, 11) is -0.302. The van der Waals surface area contributed by atoms with Crippen LogP contribution in [0.4, 0.5) is 11.8 Å². The summed E-state index contributed by atoms with van der Waals surface area (Å²) in [4.78, 5) is 67.3. The van der Waals surface area contributed by atoms with Crippen molar-refractivity contribution in [2.75, 3.05) is 45.2 Å². The molecule has 2 aliphatic rings. The molecule has 4 N–H and O–H groups in total. The van der Waals surface area contributed by atoms with Gasteiger partial charge >= 0.3 is 13.5 Å². The Morgan fingerprint density at radius 2 is 1.40 bits per heavy atom. The van der Waals surface area contributed by atoms with Crippen molar-refractivity contribution < 1.29 is 56.5 Å². The van der Waals surface area contributed by atoms with Crippen molar-refractivity contribution in [1.82, 2.24) is 29.1 Å². The highest BCUT2D eigenvalue weighted by Crippen LogP contribution is 2.53. The third-order valence-corrected chi connectivity index (χ3v) is 14.3. The number of fused-ring (bicyclic) bond motifs is 1. The number of imidazole rings is 1. The molecule has 5 heterocycles. The fourth-order valence-electron chi connectivity index (χ4n) is 8.84. The van der Waals surface area contributed by atoms with E-state index in [0.717, 1.165) is 12.7 Å². The number of amides is 2. The van der Waals surface area contributed by atoms with Crippen molar-refractivity contribution in [1.29, 1.82) is 0 Å². The summed E-state index contributed by atoms with van der Waals surface area (Å²) in [6, 6.07) is 34.3. The van der Waals surface area contributed by atoms with Crippen LogP contribution >= 0.6 is 7.82 Å². The normalized spacial score (nSPS) is 20.5. The van der Waals surface area contributed by atoms with Gasteiger partial charge in [0, 0.05) is 37.6 Å². The molecule has 23 heteroatoms. The number of hydrogen-bond donors (Lipinski definition) is 4.